The van der Waals surface area contributed by atoms with Gasteiger partial charge in [0, 0.05) is 11.9 Å². The summed E-state index contributed by atoms with van der Waals surface area (Å²) in [5, 5.41) is 5.74. The number of halogens is 1. The average molecular weight is 365 g/mol. The van der Waals surface area contributed by atoms with Gasteiger partial charge in [0.2, 0.25) is 11.8 Å². The number of nitrogens with one attached hydrogen (secondary N) is 2. The zero-order valence-corrected chi connectivity index (χ0v) is 14.6. The van der Waals surface area contributed by atoms with Crippen molar-refractivity contribution in [2.45, 2.75) is 13.0 Å². The summed E-state index contributed by atoms with van der Waals surface area (Å²) in [4.78, 5) is 29.9. The molecule has 4 atom stereocenters. The summed E-state index contributed by atoms with van der Waals surface area (Å²) >= 11 is 0. The second kappa shape index (κ2) is 7.31. The summed E-state index contributed by atoms with van der Waals surface area (Å²) in [5.74, 6) is -1.38. The number of nitrogens with zero attached hydrogens (tertiary/aromatic N) is 1. The maximum Gasteiger partial charge on any atom is 0.228 e. The molecule has 2 amide bonds. The fourth-order valence-corrected chi connectivity index (χ4v) is 4.09. The number of pyridine rings is 1. The van der Waals surface area contributed by atoms with Crippen LogP contribution in [0, 0.1) is 29.5 Å². The van der Waals surface area contributed by atoms with Gasteiger partial charge >= 0.3 is 0 Å². The third-order valence-corrected chi connectivity index (χ3v) is 5.35. The number of amides is 2. The summed E-state index contributed by atoms with van der Waals surface area (Å²) in [7, 11) is 0. The second-order valence-corrected chi connectivity index (χ2v) is 7.03. The van der Waals surface area contributed by atoms with Crippen LogP contribution in [0.2, 0.25) is 0 Å². The number of anilines is 1. The summed E-state index contributed by atoms with van der Waals surface area (Å²) in [5.41, 5.74) is 1.30. The third kappa shape index (κ3) is 3.60. The zero-order chi connectivity index (χ0) is 18.8. The molecule has 1 heterocycles. The van der Waals surface area contributed by atoms with Crippen molar-refractivity contribution in [2.75, 3.05) is 5.32 Å². The van der Waals surface area contributed by atoms with Gasteiger partial charge in [-0.2, -0.15) is 0 Å². The van der Waals surface area contributed by atoms with Crippen molar-refractivity contribution in [3.63, 3.8) is 0 Å². The normalized spacial score (nSPS) is 25.4. The molecule has 2 bridgehead atoms. The molecule has 138 valence electrons. The Kier molecular flexibility index (Phi) is 4.71. The molecule has 2 N–H and O–H groups in total. The molecule has 27 heavy (non-hydrogen) atoms. The Morgan fingerprint density at radius 1 is 1.00 bits per heavy atom. The van der Waals surface area contributed by atoms with Crippen molar-refractivity contribution in [3.05, 3.63) is 72.3 Å². The second-order valence-electron chi connectivity index (χ2n) is 7.03. The highest BCUT2D eigenvalue weighted by Crippen LogP contribution is 2.48. The van der Waals surface area contributed by atoms with Crippen LogP contribution in [-0.4, -0.2) is 16.8 Å². The SMILES string of the molecule is O=C(NCc1ccccn1)[C@@H]1[C@H](C(=O)Nc2ccc(F)cc2)[C@H]2C=C[C@H]1C2. The van der Waals surface area contributed by atoms with Crippen LogP contribution in [0.15, 0.2) is 60.8 Å². The summed E-state index contributed by atoms with van der Waals surface area (Å²) in [6, 6.07) is 11.2. The predicted octanol–water partition coefficient (Wildman–Crippen LogP) is 2.91. The molecular weight excluding hydrogens is 345 g/mol. The first kappa shape index (κ1) is 17.4. The number of hydrogen-bond acceptors (Lipinski definition) is 3. The van der Waals surface area contributed by atoms with E-state index in [2.05, 4.69) is 15.6 Å². The first-order valence-electron chi connectivity index (χ1n) is 9.04. The molecule has 1 aromatic carbocycles. The fraction of sp³-hybridized carbons (Fsp3) is 0.286. The van der Waals surface area contributed by atoms with Crippen LogP contribution >= 0.6 is 0 Å². The number of carbonyl (C=O) groups excluding carboxylic acids is 2. The molecule has 2 aliphatic rings. The van der Waals surface area contributed by atoms with Crippen molar-refractivity contribution in [1.29, 1.82) is 0 Å². The number of rotatable bonds is 5. The lowest BCUT2D eigenvalue weighted by molar-refractivity contribution is -0.133. The van der Waals surface area contributed by atoms with Gasteiger partial charge in [0.25, 0.3) is 0 Å². The highest BCUT2D eigenvalue weighted by atomic mass is 19.1. The van der Waals surface area contributed by atoms with E-state index in [9.17, 15) is 14.0 Å². The van der Waals surface area contributed by atoms with E-state index in [0.29, 0.717) is 12.2 Å². The first-order valence-corrected chi connectivity index (χ1v) is 9.04. The highest BCUT2D eigenvalue weighted by Gasteiger charge is 2.51. The molecule has 0 spiro atoms. The van der Waals surface area contributed by atoms with Gasteiger partial charge in [0.1, 0.15) is 5.82 Å². The predicted molar refractivity (Wildman–Crippen MR) is 98.8 cm³/mol. The molecule has 6 heteroatoms. The van der Waals surface area contributed by atoms with Crippen LogP contribution in [-0.2, 0) is 16.1 Å². The van der Waals surface area contributed by atoms with Crippen LogP contribution in [0.3, 0.4) is 0 Å². The van der Waals surface area contributed by atoms with Gasteiger partial charge in [-0.15, -0.1) is 0 Å². The van der Waals surface area contributed by atoms with E-state index in [4.69, 9.17) is 0 Å². The summed E-state index contributed by atoms with van der Waals surface area (Å²) < 4.78 is 13.1. The summed E-state index contributed by atoms with van der Waals surface area (Å²) in [6.45, 7) is 0.337. The molecule has 0 saturated heterocycles. The van der Waals surface area contributed by atoms with Gasteiger partial charge < -0.3 is 10.6 Å². The molecule has 4 rings (SSSR count). The largest absolute Gasteiger partial charge is 0.350 e. The van der Waals surface area contributed by atoms with Crippen LogP contribution < -0.4 is 10.6 Å². The standard InChI is InChI=1S/C21H20FN3O2/c22-15-6-8-16(9-7-15)25-21(27)19-14-5-4-13(11-14)18(19)20(26)24-12-17-3-1-2-10-23-17/h1-10,13-14,18-19H,11-12H2,(H,24,26)(H,25,27)/t13-,14-,18-,19+/m0/s1. The van der Waals surface area contributed by atoms with Gasteiger partial charge in [-0.25, -0.2) is 4.39 Å². The first-order chi connectivity index (χ1) is 13.1. The lowest BCUT2D eigenvalue weighted by Gasteiger charge is -2.26. The molecule has 1 aromatic heterocycles. The lowest BCUT2D eigenvalue weighted by Crippen LogP contribution is -2.41. The molecule has 1 fully saturated rings. The highest BCUT2D eigenvalue weighted by molar-refractivity contribution is 5.97. The average Bonchev–Trinajstić information content (AvgIpc) is 3.30. The number of benzene rings is 1. The molecular formula is C21H20FN3O2. The molecule has 2 aliphatic carbocycles. The van der Waals surface area contributed by atoms with Crippen molar-refractivity contribution < 1.29 is 14.0 Å². The minimum Gasteiger partial charge on any atom is -0.350 e. The van der Waals surface area contributed by atoms with E-state index in [1.54, 1.807) is 6.20 Å². The van der Waals surface area contributed by atoms with Crippen molar-refractivity contribution in [1.82, 2.24) is 10.3 Å². The molecule has 1 saturated carbocycles. The Bertz CT molecular complexity index is 867. The number of fused-ring (bicyclic) bond motifs is 2. The molecule has 5 nitrogen and oxygen atoms in total. The van der Waals surface area contributed by atoms with Crippen LogP contribution in [0.5, 0.6) is 0 Å². The Morgan fingerprint density at radius 2 is 1.70 bits per heavy atom. The minimum atomic E-state index is -0.422. The van der Waals surface area contributed by atoms with Crippen molar-refractivity contribution >= 4 is 17.5 Å². The number of carbonyl (C=O) groups is 2. The fourth-order valence-electron chi connectivity index (χ4n) is 4.09. The van der Waals surface area contributed by atoms with Crippen LogP contribution in [0.1, 0.15) is 12.1 Å². The van der Waals surface area contributed by atoms with Crippen LogP contribution in [0.25, 0.3) is 0 Å². The molecule has 0 aliphatic heterocycles. The van der Waals surface area contributed by atoms with Crippen molar-refractivity contribution in [3.8, 4) is 0 Å². The molecule has 0 unspecified atom stereocenters. The Labute approximate surface area is 156 Å². The quantitative estimate of drug-likeness (QED) is 0.801. The van der Waals surface area contributed by atoms with E-state index in [0.717, 1.165) is 12.1 Å². The smallest absolute Gasteiger partial charge is 0.228 e. The number of aromatic nitrogens is 1. The maximum atomic E-state index is 13.1. The lowest BCUT2D eigenvalue weighted by atomic mass is 9.81. The molecule has 2 aromatic rings. The topological polar surface area (TPSA) is 71.1 Å². The van der Waals surface area contributed by atoms with Gasteiger partial charge in [0.05, 0.1) is 24.1 Å². The van der Waals surface area contributed by atoms with E-state index >= 15 is 0 Å². The summed E-state index contributed by atoms with van der Waals surface area (Å²) in [6.07, 6.45) is 6.56. The monoisotopic (exact) mass is 365 g/mol. The van der Waals surface area contributed by atoms with Gasteiger partial charge in [-0.3, -0.25) is 14.6 Å². The zero-order valence-electron chi connectivity index (χ0n) is 14.6. The Morgan fingerprint density at radius 3 is 2.37 bits per heavy atom. The van der Waals surface area contributed by atoms with E-state index in [1.165, 1.54) is 24.3 Å². The molecule has 0 radical (unpaired) electrons. The van der Waals surface area contributed by atoms with Gasteiger partial charge in [-0.05, 0) is 54.7 Å². The third-order valence-electron chi connectivity index (χ3n) is 5.35. The number of allylic oxidation sites excluding steroid dienone is 2. The van der Waals surface area contributed by atoms with Crippen molar-refractivity contribution in [2.24, 2.45) is 23.7 Å². The van der Waals surface area contributed by atoms with Gasteiger partial charge in [-0.1, -0.05) is 18.2 Å². The van der Waals surface area contributed by atoms with E-state index in [1.807, 2.05) is 30.4 Å². The maximum absolute atomic E-state index is 13.1. The van der Waals surface area contributed by atoms with E-state index < -0.39 is 11.8 Å². The van der Waals surface area contributed by atoms with Gasteiger partial charge in [0.15, 0.2) is 0 Å². The van der Waals surface area contributed by atoms with E-state index in [-0.39, 0.29) is 29.5 Å². The Hall–Kier alpha value is -3.02. The minimum absolute atomic E-state index is 0.0565. The Balaban J connectivity index is 1.45. The van der Waals surface area contributed by atoms with Crippen LogP contribution in [0.4, 0.5) is 10.1 Å². The number of hydrogen-bond donors (Lipinski definition) is 2.